The molecule has 0 N–H and O–H groups in total. The minimum atomic E-state index is -0.395. The molecular formula is C15H9BrClFN2O. The van der Waals surface area contributed by atoms with Crippen molar-refractivity contribution in [3.8, 4) is 17.1 Å². The van der Waals surface area contributed by atoms with Gasteiger partial charge in [-0.3, -0.25) is 0 Å². The zero-order valence-corrected chi connectivity index (χ0v) is 13.2. The highest BCUT2D eigenvalue weighted by Gasteiger charge is 2.11. The molecule has 0 atom stereocenters. The average molecular weight is 368 g/mol. The number of nitrogens with zero attached hydrogens (tertiary/aromatic N) is 2. The van der Waals surface area contributed by atoms with Crippen LogP contribution in [0.2, 0.25) is 5.15 Å². The monoisotopic (exact) mass is 366 g/mol. The van der Waals surface area contributed by atoms with Crippen LogP contribution in [0.4, 0.5) is 4.39 Å². The Kier molecular flexibility index (Phi) is 3.78. The number of methoxy groups -OCH3 is 1. The summed E-state index contributed by atoms with van der Waals surface area (Å²) in [5.74, 6) is 0.719. The molecular weight excluding hydrogens is 359 g/mol. The molecule has 3 aromatic rings. The molecule has 1 aromatic heterocycles. The first kappa shape index (κ1) is 14.2. The van der Waals surface area contributed by atoms with E-state index < -0.39 is 5.82 Å². The zero-order chi connectivity index (χ0) is 15.0. The molecule has 0 unspecified atom stereocenters. The molecule has 21 heavy (non-hydrogen) atoms. The van der Waals surface area contributed by atoms with Gasteiger partial charge in [-0.15, -0.1) is 0 Å². The zero-order valence-electron chi connectivity index (χ0n) is 10.9. The summed E-state index contributed by atoms with van der Waals surface area (Å²) in [6.45, 7) is 0. The minimum absolute atomic E-state index is 0.276. The molecule has 0 amide bonds. The third-order valence-electron chi connectivity index (χ3n) is 3.02. The molecule has 0 saturated carbocycles. The SMILES string of the molecule is COc1cccc(-c2nc(Cl)c3cc(Br)c(F)cc3n2)c1. The van der Waals surface area contributed by atoms with Crippen LogP contribution >= 0.6 is 27.5 Å². The number of fused-ring (bicyclic) bond motifs is 1. The van der Waals surface area contributed by atoms with Gasteiger partial charge in [-0.05, 0) is 34.1 Å². The Labute approximate surface area is 133 Å². The van der Waals surface area contributed by atoms with E-state index in [1.165, 1.54) is 6.07 Å². The molecule has 0 aliphatic rings. The molecule has 6 heteroatoms. The van der Waals surface area contributed by atoms with Gasteiger partial charge in [0.05, 0.1) is 17.1 Å². The lowest BCUT2D eigenvalue weighted by Gasteiger charge is -2.07. The van der Waals surface area contributed by atoms with Gasteiger partial charge in [0.15, 0.2) is 5.82 Å². The van der Waals surface area contributed by atoms with Gasteiger partial charge in [0.25, 0.3) is 0 Å². The van der Waals surface area contributed by atoms with Crippen molar-refractivity contribution in [2.45, 2.75) is 0 Å². The highest BCUT2D eigenvalue weighted by molar-refractivity contribution is 9.10. The van der Waals surface area contributed by atoms with Crippen molar-refractivity contribution < 1.29 is 9.13 Å². The van der Waals surface area contributed by atoms with Crippen molar-refractivity contribution in [1.82, 2.24) is 9.97 Å². The lowest BCUT2D eigenvalue weighted by atomic mass is 10.2. The first-order chi connectivity index (χ1) is 10.1. The molecule has 0 aliphatic heterocycles. The maximum Gasteiger partial charge on any atom is 0.161 e. The van der Waals surface area contributed by atoms with E-state index >= 15 is 0 Å². The van der Waals surface area contributed by atoms with Crippen LogP contribution in [0.25, 0.3) is 22.3 Å². The number of benzene rings is 2. The van der Waals surface area contributed by atoms with Crippen LogP contribution in [0.3, 0.4) is 0 Å². The predicted molar refractivity (Wildman–Crippen MR) is 84.2 cm³/mol. The Morgan fingerprint density at radius 3 is 2.76 bits per heavy atom. The Morgan fingerprint density at radius 1 is 1.19 bits per heavy atom. The van der Waals surface area contributed by atoms with Crippen LogP contribution in [-0.2, 0) is 0 Å². The van der Waals surface area contributed by atoms with E-state index in [2.05, 4.69) is 25.9 Å². The van der Waals surface area contributed by atoms with Crippen molar-refractivity contribution in [3.63, 3.8) is 0 Å². The highest BCUT2D eigenvalue weighted by Crippen LogP contribution is 2.29. The van der Waals surface area contributed by atoms with Crippen LogP contribution in [0, 0.1) is 5.82 Å². The summed E-state index contributed by atoms with van der Waals surface area (Å²) in [5, 5.41) is 0.870. The number of halogens is 3. The molecule has 2 aromatic carbocycles. The maximum absolute atomic E-state index is 13.7. The second-order valence-corrected chi connectivity index (χ2v) is 5.57. The van der Waals surface area contributed by atoms with Gasteiger partial charge >= 0.3 is 0 Å². The van der Waals surface area contributed by atoms with Crippen molar-refractivity contribution in [2.24, 2.45) is 0 Å². The number of hydrogen-bond donors (Lipinski definition) is 0. The van der Waals surface area contributed by atoms with E-state index in [1.54, 1.807) is 19.2 Å². The van der Waals surface area contributed by atoms with Crippen molar-refractivity contribution in [3.05, 3.63) is 51.8 Å². The van der Waals surface area contributed by atoms with Gasteiger partial charge in [-0.2, -0.15) is 0 Å². The Hall–Kier alpha value is -1.72. The quantitative estimate of drug-likeness (QED) is 0.607. The predicted octanol–water partition coefficient (Wildman–Crippen LogP) is 4.86. The Bertz CT molecular complexity index is 841. The normalized spacial score (nSPS) is 10.9. The molecule has 0 bridgehead atoms. The molecule has 0 fully saturated rings. The fourth-order valence-electron chi connectivity index (χ4n) is 1.98. The van der Waals surface area contributed by atoms with Crippen LogP contribution in [0.5, 0.6) is 5.75 Å². The van der Waals surface area contributed by atoms with Gasteiger partial charge < -0.3 is 4.74 Å². The maximum atomic E-state index is 13.7. The van der Waals surface area contributed by atoms with Crippen molar-refractivity contribution in [1.29, 1.82) is 0 Å². The van der Waals surface area contributed by atoms with Crippen molar-refractivity contribution in [2.75, 3.05) is 7.11 Å². The third-order valence-corrected chi connectivity index (χ3v) is 3.92. The summed E-state index contributed by atoms with van der Waals surface area (Å²) >= 11 is 9.31. The minimum Gasteiger partial charge on any atom is -0.497 e. The van der Waals surface area contributed by atoms with Gasteiger partial charge in [0.1, 0.15) is 16.7 Å². The number of ether oxygens (including phenoxy) is 1. The lowest BCUT2D eigenvalue weighted by Crippen LogP contribution is -1.94. The van der Waals surface area contributed by atoms with E-state index in [1.807, 2.05) is 18.2 Å². The molecule has 106 valence electrons. The first-order valence-electron chi connectivity index (χ1n) is 6.05. The molecule has 0 saturated heterocycles. The molecule has 0 radical (unpaired) electrons. The third kappa shape index (κ3) is 2.71. The van der Waals surface area contributed by atoms with Gasteiger partial charge in [-0.25, -0.2) is 14.4 Å². The fourth-order valence-corrected chi connectivity index (χ4v) is 2.55. The summed E-state index contributed by atoms with van der Waals surface area (Å²) < 4.78 is 19.2. The Balaban J connectivity index is 2.22. The number of aromatic nitrogens is 2. The summed E-state index contributed by atoms with van der Waals surface area (Å²) in [6.07, 6.45) is 0. The van der Waals surface area contributed by atoms with Crippen LogP contribution in [0.15, 0.2) is 40.9 Å². The molecule has 3 rings (SSSR count). The van der Waals surface area contributed by atoms with Crippen LogP contribution < -0.4 is 4.74 Å². The molecule has 3 nitrogen and oxygen atoms in total. The second kappa shape index (κ2) is 5.58. The largest absolute Gasteiger partial charge is 0.497 e. The average Bonchev–Trinajstić information content (AvgIpc) is 2.49. The molecule has 0 spiro atoms. The number of rotatable bonds is 2. The summed E-state index contributed by atoms with van der Waals surface area (Å²) in [7, 11) is 1.58. The highest BCUT2D eigenvalue weighted by atomic mass is 79.9. The van der Waals surface area contributed by atoms with E-state index in [0.717, 1.165) is 5.56 Å². The van der Waals surface area contributed by atoms with E-state index in [0.29, 0.717) is 26.9 Å². The number of hydrogen-bond acceptors (Lipinski definition) is 3. The van der Waals surface area contributed by atoms with Gasteiger partial charge in [0.2, 0.25) is 0 Å². The van der Waals surface area contributed by atoms with E-state index in [9.17, 15) is 4.39 Å². The second-order valence-electron chi connectivity index (χ2n) is 4.35. The first-order valence-corrected chi connectivity index (χ1v) is 7.22. The smallest absolute Gasteiger partial charge is 0.161 e. The summed E-state index contributed by atoms with van der Waals surface area (Å²) in [5.41, 5.74) is 1.20. The Morgan fingerprint density at radius 2 is 2.00 bits per heavy atom. The standard InChI is InChI=1S/C15H9BrClFN2O/c1-21-9-4-2-3-8(5-9)15-19-13-7-12(18)11(16)6-10(13)14(17)20-15/h2-7H,1H3. The lowest BCUT2D eigenvalue weighted by molar-refractivity contribution is 0.415. The fraction of sp³-hybridized carbons (Fsp3) is 0.0667. The van der Waals surface area contributed by atoms with Crippen LogP contribution in [-0.4, -0.2) is 17.1 Å². The topological polar surface area (TPSA) is 35.0 Å². The molecule has 1 heterocycles. The summed E-state index contributed by atoms with van der Waals surface area (Å²) in [6, 6.07) is 10.2. The van der Waals surface area contributed by atoms with Gasteiger partial charge in [-0.1, -0.05) is 23.7 Å². The van der Waals surface area contributed by atoms with E-state index in [4.69, 9.17) is 16.3 Å². The van der Waals surface area contributed by atoms with Crippen molar-refractivity contribution >= 4 is 38.4 Å². The van der Waals surface area contributed by atoms with Crippen LogP contribution in [0.1, 0.15) is 0 Å². The van der Waals surface area contributed by atoms with E-state index in [-0.39, 0.29) is 5.15 Å². The van der Waals surface area contributed by atoms with Gasteiger partial charge in [0, 0.05) is 17.0 Å². The summed E-state index contributed by atoms with van der Waals surface area (Å²) in [4.78, 5) is 8.64. The molecule has 0 aliphatic carbocycles.